The summed E-state index contributed by atoms with van der Waals surface area (Å²) in [6, 6.07) is 0.879. The van der Waals surface area contributed by atoms with Gasteiger partial charge in [-0.3, -0.25) is 0 Å². The molecule has 12 heavy (non-hydrogen) atoms. The van der Waals surface area contributed by atoms with E-state index in [1.165, 1.54) is 0 Å². The van der Waals surface area contributed by atoms with Crippen LogP contribution in [0.1, 0.15) is 13.8 Å². The summed E-state index contributed by atoms with van der Waals surface area (Å²) in [6.07, 6.45) is -0.104. The normalized spacial score (nSPS) is 26.9. The lowest BCUT2D eigenvalue weighted by atomic mass is 10.4. The molecule has 1 rings (SSSR count). The summed E-state index contributed by atoms with van der Waals surface area (Å²) in [6.45, 7) is 4.77. The molecular weight excluding hydrogens is 156 g/mol. The van der Waals surface area contributed by atoms with Crippen LogP contribution in [0.2, 0.25) is 0 Å². The summed E-state index contributed by atoms with van der Waals surface area (Å²) < 4.78 is 5.36. The van der Waals surface area contributed by atoms with Crippen molar-refractivity contribution in [3.05, 3.63) is 0 Å². The third kappa shape index (κ3) is 2.11. The van der Waals surface area contributed by atoms with Gasteiger partial charge in [0.05, 0.1) is 13.2 Å². The predicted octanol–water partition coefficient (Wildman–Crippen LogP) is 0.0737. The zero-order chi connectivity index (χ0) is 9.14. The molecule has 1 aliphatic rings. The van der Waals surface area contributed by atoms with Crippen molar-refractivity contribution in [2.75, 3.05) is 20.2 Å². The minimum absolute atomic E-state index is 0.0570. The Morgan fingerprint density at radius 3 is 2.83 bits per heavy atom. The van der Waals surface area contributed by atoms with Gasteiger partial charge in [-0.25, -0.2) is 4.99 Å². The van der Waals surface area contributed by atoms with Crippen molar-refractivity contribution in [3.63, 3.8) is 0 Å². The van der Waals surface area contributed by atoms with Crippen LogP contribution in [0.15, 0.2) is 4.99 Å². The van der Waals surface area contributed by atoms with Gasteiger partial charge in [0.15, 0.2) is 0 Å². The van der Waals surface area contributed by atoms with Gasteiger partial charge < -0.3 is 14.7 Å². The summed E-state index contributed by atoms with van der Waals surface area (Å²) in [4.78, 5) is 6.18. The fourth-order valence-electron chi connectivity index (χ4n) is 1.10. The Bertz CT molecular complexity index is 180. The maximum absolute atomic E-state index is 8.83. The number of ether oxygens (including phenoxy) is 1. The molecule has 1 saturated heterocycles. The van der Waals surface area contributed by atoms with E-state index in [1.54, 1.807) is 0 Å². The van der Waals surface area contributed by atoms with Crippen LogP contribution < -0.4 is 0 Å². The van der Waals surface area contributed by atoms with Gasteiger partial charge in [-0.05, 0) is 13.8 Å². The predicted molar refractivity (Wildman–Crippen MR) is 47.2 cm³/mol. The molecule has 0 radical (unpaired) electrons. The van der Waals surface area contributed by atoms with E-state index in [0.29, 0.717) is 6.02 Å². The smallest absolute Gasteiger partial charge is 0.287 e. The van der Waals surface area contributed by atoms with E-state index >= 15 is 0 Å². The van der Waals surface area contributed by atoms with Gasteiger partial charge in [0.1, 0.15) is 6.10 Å². The van der Waals surface area contributed by atoms with Crippen LogP contribution in [0.25, 0.3) is 0 Å². The maximum atomic E-state index is 8.83. The Morgan fingerprint density at radius 2 is 2.42 bits per heavy atom. The van der Waals surface area contributed by atoms with Gasteiger partial charge in [0.2, 0.25) is 0 Å². The minimum atomic E-state index is -0.104. The van der Waals surface area contributed by atoms with Crippen molar-refractivity contribution < 1.29 is 9.84 Å². The van der Waals surface area contributed by atoms with Crippen molar-refractivity contribution in [2.24, 2.45) is 4.99 Å². The molecule has 1 fully saturated rings. The van der Waals surface area contributed by atoms with E-state index in [0.717, 1.165) is 6.54 Å². The minimum Gasteiger partial charge on any atom is -0.457 e. The highest BCUT2D eigenvalue weighted by molar-refractivity contribution is 5.75. The second-order valence-corrected chi connectivity index (χ2v) is 3.31. The number of hydrogen-bond donors (Lipinski definition) is 1. The fraction of sp³-hybridized carbons (Fsp3) is 0.875. The second-order valence-electron chi connectivity index (χ2n) is 3.31. The molecule has 1 heterocycles. The lowest BCUT2D eigenvalue weighted by Crippen LogP contribution is -2.22. The Morgan fingerprint density at radius 1 is 1.75 bits per heavy atom. The molecule has 1 atom stereocenters. The Hall–Kier alpha value is -0.770. The first-order valence-electron chi connectivity index (χ1n) is 4.20. The third-order valence-electron chi connectivity index (χ3n) is 1.65. The number of aliphatic hydroxyl groups is 1. The van der Waals surface area contributed by atoms with Crippen molar-refractivity contribution in [1.82, 2.24) is 4.90 Å². The van der Waals surface area contributed by atoms with Crippen molar-refractivity contribution in [3.8, 4) is 0 Å². The zero-order valence-corrected chi connectivity index (χ0v) is 7.82. The molecule has 0 aromatic carbocycles. The molecule has 4 heteroatoms. The summed E-state index contributed by atoms with van der Waals surface area (Å²) in [5.74, 6) is 0. The molecule has 70 valence electrons. The highest BCUT2D eigenvalue weighted by Gasteiger charge is 2.25. The Balaban J connectivity index is 2.57. The largest absolute Gasteiger partial charge is 0.457 e. The Labute approximate surface area is 72.9 Å². The van der Waals surface area contributed by atoms with E-state index in [9.17, 15) is 0 Å². The number of rotatable bonds is 2. The van der Waals surface area contributed by atoms with Crippen LogP contribution in [0, 0.1) is 0 Å². The molecule has 4 nitrogen and oxygen atoms in total. The monoisotopic (exact) mass is 172 g/mol. The number of likely N-dealkylation sites (N-methyl/N-ethyl adjacent to an activating group) is 1. The van der Waals surface area contributed by atoms with Crippen LogP contribution in [-0.2, 0) is 4.74 Å². The summed E-state index contributed by atoms with van der Waals surface area (Å²) in [5, 5.41) is 8.83. The summed E-state index contributed by atoms with van der Waals surface area (Å²) in [7, 11) is 1.91. The Kier molecular flexibility index (Phi) is 2.92. The number of amidine groups is 1. The SMILES string of the molecule is CC(C)/N=C1\OC(CO)CN1C. The lowest BCUT2D eigenvalue weighted by molar-refractivity contribution is 0.132. The second kappa shape index (κ2) is 3.76. The summed E-state index contributed by atoms with van der Waals surface area (Å²) in [5.41, 5.74) is 0. The molecule has 0 aromatic rings. The van der Waals surface area contributed by atoms with Gasteiger partial charge in [0, 0.05) is 13.1 Å². The van der Waals surface area contributed by atoms with Gasteiger partial charge in [0.25, 0.3) is 6.02 Å². The molecule has 0 bridgehead atoms. The van der Waals surface area contributed by atoms with Crippen molar-refractivity contribution >= 4 is 6.02 Å². The summed E-state index contributed by atoms with van der Waals surface area (Å²) >= 11 is 0. The average Bonchev–Trinajstić information content (AvgIpc) is 2.31. The van der Waals surface area contributed by atoms with Gasteiger partial charge in [-0.15, -0.1) is 0 Å². The maximum Gasteiger partial charge on any atom is 0.287 e. The van der Waals surface area contributed by atoms with Gasteiger partial charge in [-0.2, -0.15) is 0 Å². The fourth-order valence-corrected chi connectivity index (χ4v) is 1.10. The molecule has 1 unspecified atom stereocenters. The van der Waals surface area contributed by atoms with E-state index in [1.807, 2.05) is 25.8 Å². The van der Waals surface area contributed by atoms with E-state index in [-0.39, 0.29) is 18.8 Å². The molecule has 0 aromatic heterocycles. The quantitative estimate of drug-likeness (QED) is 0.641. The molecular formula is C8H16N2O2. The first-order valence-corrected chi connectivity index (χ1v) is 4.20. The lowest BCUT2D eigenvalue weighted by Gasteiger charge is -2.08. The number of aliphatic hydroxyl groups excluding tert-OH is 1. The average molecular weight is 172 g/mol. The van der Waals surface area contributed by atoms with E-state index in [4.69, 9.17) is 9.84 Å². The first-order chi connectivity index (χ1) is 5.63. The first kappa shape index (κ1) is 9.32. The van der Waals surface area contributed by atoms with Crippen LogP contribution >= 0.6 is 0 Å². The van der Waals surface area contributed by atoms with Crippen molar-refractivity contribution in [1.29, 1.82) is 0 Å². The molecule has 1 aliphatic heterocycles. The number of nitrogens with zero attached hydrogens (tertiary/aromatic N) is 2. The molecule has 0 spiro atoms. The standard InChI is InChI=1S/C8H16N2O2/c1-6(2)9-8-10(3)4-7(5-11)12-8/h6-7,11H,4-5H2,1-3H3/b9-8-. The number of hydrogen-bond acceptors (Lipinski definition) is 3. The van der Waals surface area contributed by atoms with Gasteiger partial charge in [-0.1, -0.05) is 0 Å². The third-order valence-corrected chi connectivity index (χ3v) is 1.65. The van der Waals surface area contributed by atoms with E-state index in [2.05, 4.69) is 4.99 Å². The highest BCUT2D eigenvalue weighted by atomic mass is 16.5. The van der Waals surface area contributed by atoms with Crippen molar-refractivity contribution in [2.45, 2.75) is 26.0 Å². The molecule has 0 aliphatic carbocycles. The van der Waals surface area contributed by atoms with Crippen LogP contribution in [-0.4, -0.2) is 48.4 Å². The van der Waals surface area contributed by atoms with Crippen LogP contribution in [0.3, 0.4) is 0 Å². The highest BCUT2D eigenvalue weighted by Crippen LogP contribution is 2.09. The zero-order valence-electron chi connectivity index (χ0n) is 7.82. The van der Waals surface area contributed by atoms with Crippen LogP contribution in [0.5, 0.6) is 0 Å². The topological polar surface area (TPSA) is 45.1 Å². The van der Waals surface area contributed by atoms with Gasteiger partial charge >= 0.3 is 0 Å². The molecule has 1 N–H and O–H groups in total. The van der Waals surface area contributed by atoms with Crippen LogP contribution in [0.4, 0.5) is 0 Å². The molecule has 0 saturated carbocycles. The van der Waals surface area contributed by atoms with E-state index < -0.39 is 0 Å². The molecule has 0 amide bonds. The number of aliphatic imine (C=N–C) groups is 1.